The molecule has 0 aliphatic rings. The summed E-state index contributed by atoms with van der Waals surface area (Å²) in [6, 6.07) is 0. The number of likely N-dealkylation sites (N-methyl/N-ethyl adjacent to an activating group) is 1. The zero-order chi connectivity index (χ0) is 9.56. The Labute approximate surface area is 72.2 Å². The monoisotopic (exact) mass is 170 g/mol. The lowest BCUT2D eigenvalue weighted by atomic mass is 10.2. The topological polar surface area (TPSA) is 52.9 Å². The first-order valence-corrected chi connectivity index (χ1v) is 3.61. The van der Waals surface area contributed by atoms with Crippen molar-refractivity contribution < 1.29 is 9.90 Å². The fourth-order valence-corrected chi connectivity index (χ4v) is 0.832. The number of aliphatic hydroxyl groups is 1. The molecular formula is C8H14N2O2. The van der Waals surface area contributed by atoms with Crippen LogP contribution in [0.25, 0.3) is 0 Å². The Balaban J connectivity index is 4.34. The highest BCUT2D eigenvalue weighted by molar-refractivity contribution is 5.88. The van der Waals surface area contributed by atoms with E-state index in [-0.39, 0.29) is 6.42 Å². The maximum absolute atomic E-state index is 10.1. The van der Waals surface area contributed by atoms with Crippen molar-refractivity contribution in [2.75, 3.05) is 14.1 Å². The van der Waals surface area contributed by atoms with E-state index < -0.39 is 6.10 Å². The van der Waals surface area contributed by atoms with Gasteiger partial charge in [0.1, 0.15) is 18.2 Å². The minimum atomic E-state index is -0.838. The number of carbonyl (C=O) groups excluding carboxylic acids is 1. The van der Waals surface area contributed by atoms with Gasteiger partial charge in [-0.25, -0.2) is 0 Å². The van der Waals surface area contributed by atoms with E-state index in [1.165, 1.54) is 6.20 Å². The highest BCUT2D eigenvalue weighted by Crippen LogP contribution is 1.98. The molecule has 0 aliphatic carbocycles. The van der Waals surface area contributed by atoms with Gasteiger partial charge >= 0.3 is 0 Å². The molecule has 0 saturated heterocycles. The van der Waals surface area contributed by atoms with Crippen molar-refractivity contribution in [1.29, 1.82) is 0 Å². The van der Waals surface area contributed by atoms with E-state index in [9.17, 15) is 9.90 Å². The average Bonchev–Trinajstić information content (AvgIpc) is 2.06. The molecule has 68 valence electrons. The van der Waals surface area contributed by atoms with Crippen LogP contribution >= 0.6 is 0 Å². The van der Waals surface area contributed by atoms with E-state index in [0.717, 1.165) is 0 Å². The van der Waals surface area contributed by atoms with Crippen molar-refractivity contribution in [3.63, 3.8) is 0 Å². The Morgan fingerprint density at radius 2 is 2.42 bits per heavy atom. The zero-order valence-electron chi connectivity index (χ0n) is 7.40. The molecule has 0 fully saturated rings. The molecule has 0 aromatic rings. The molecule has 4 nitrogen and oxygen atoms in total. The quantitative estimate of drug-likeness (QED) is 0.368. The molecule has 1 N–H and O–H groups in total. The third kappa shape index (κ3) is 2.84. The van der Waals surface area contributed by atoms with Crippen LogP contribution < -0.4 is 0 Å². The van der Waals surface area contributed by atoms with Gasteiger partial charge in [0.15, 0.2) is 0 Å². The minimum absolute atomic E-state index is 0.0604. The standard InChI is InChI=1S/C8H14N2O2/c1-4-10(3)8(9-2)7(12)5-6-11/h4,6-7,12H,1,5H2,2-3H3. The van der Waals surface area contributed by atoms with Gasteiger partial charge in [0, 0.05) is 20.5 Å². The predicted molar refractivity (Wildman–Crippen MR) is 48.0 cm³/mol. The maximum atomic E-state index is 10.1. The first-order valence-electron chi connectivity index (χ1n) is 3.61. The second-order valence-corrected chi connectivity index (χ2v) is 2.29. The van der Waals surface area contributed by atoms with Crippen molar-refractivity contribution in [3.05, 3.63) is 12.8 Å². The molecule has 1 atom stereocenters. The summed E-state index contributed by atoms with van der Waals surface area (Å²) in [6.07, 6.45) is 1.41. The minimum Gasteiger partial charge on any atom is -0.385 e. The van der Waals surface area contributed by atoms with Crippen LogP contribution in [-0.2, 0) is 4.79 Å². The van der Waals surface area contributed by atoms with Crippen molar-refractivity contribution in [3.8, 4) is 0 Å². The van der Waals surface area contributed by atoms with Crippen LogP contribution in [-0.4, -0.2) is 42.3 Å². The van der Waals surface area contributed by atoms with Crippen LogP contribution in [0.3, 0.4) is 0 Å². The summed E-state index contributed by atoms with van der Waals surface area (Å²) in [7, 11) is 3.27. The molecule has 0 aromatic heterocycles. The van der Waals surface area contributed by atoms with Crippen LogP contribution in [0.1, 0.15) is 6.42 Å². The van der Waals surface area contributed by atoms with Crippen LogP contribution in [0.5, 0.6) is 0 Å². The summed E-state index contributed by atoms with van der Waals surface area (Å²) in [6.45, 7) is 3.52. The lowest BCUT2D eigenvalue weighted by Crippen LogP contribution is -2.33. The smallest absolute Gasteiger partial charge is 0.132 e. The van der Waals surface area contributed by atoms with E-state index in [0.29, 0.717) is 12.1 Å². The van der Waals surface area contributed by atoms with Crippen LogP contribution in [0.15, 0.2) is 17.8 Å². The highest BCUT2D eigenvalue weighted by atomic mass is 16.3. The number of hydrogen-bond acceptors (Lipinski definition) is 3. The summed E-state index contributed by atoms with van der Waals surface area (Å²) in [4.78, 5) is 15.5. The van der Waals surface area contributed by atoms with Gasteiger partial charge in [-0.15, -0.1) is 0 Å². The van der Waals surface area contributed by atoms with Crippen molar-refractivity contribution in [2.45, 2.75) is 12.5 Å². The number of carbonyl (C=O) groups is 1. The Hall–Kier alpha value is -1.16. The number of aliphatic hydroxyl groups excluding tert-OH is 1. The molecule has 0 amide bonds. The van der Waals surface area contributed by atoms with E-state index >= 15 is 0 Å². The van der Waals surface area contributed by atoms with Gasteiger partial charge in [-0.05, 0) is 6.20 Å². The molecule has 4 heteroatoms. The Morgan fingerprint density at radius 3 is 2.75 bits per heavy atom. The number of aliphatic imine (C=N–C) groups is 1. The Morgan fingerprint density at radius 1 is 1.83 bits per heavy atom. The Bertz CT molecular complexity index is 189. The lowest BCUT2D eigenvalue weighted by molar-refractivity contribution is -0.108. The molecule has 1 unspecified atom stereocenters. The number of hydrogen-bond donors (Lipinski definition) is 1. The molecule has 0 aromatic carbocycles. The van der Waals surface area contributed by atoms with Crippen molar-refractivity contribution in [2.24, 2.45) is 4.99 Å². The van der Waals surface area contributed by atoms with Gasteiger partial charge in [0.2, 0.25) is 0 Å². The SMILES string of the molecule is C=CN(C)C(=NC)C(O)CC=O. The molecule has 0 heterocycles. The first kappa shape index (κ1) is 10.8. The molecule has 12 heavy (non-hydrogen) atoms. The van der Waals surface area contributed by atoms with Gasteiger partial charge in [0.05, 0.1) is 0 Å². The fraction of sp³-hybridized carbons (Fsp3) is 0.500. The van der Waals surface area contributed by atoms with Crippen molar-refractivity contribution >= 4 is 12.1 Å². The van der Waals surface area contributed by atoms with Crippen LogP contribution in [0.4, 0.5) is 0 Å². The number of aldehydes is 1. The fourth-order valence-electron chi connectivity index (χ4n) is 0.832. The third-order valence-electron chi connectivity index (χ3n) is 1.48. The van der Waals surface area contributed by atoms with Crippen LogP contribution in [0.2, 0.25) is 0 Å². The Kier molecular flexibility index (Phi) is 4.96. The summed E-state index contributed by atoms with van der Waals surface area (Å²) >= 11 is 0. The molecule has 0 bridgehead atoms. The molecule has 0 spiro atoms. The van der Waals surface area contributed by atoms with E-state index in [1.807, 2.05) is 0 Å². The number of nitrogens with zero attached hydrogens (tertiary/aromatic N) is 2. The number of rotatable bonds is 4. The van der Waals surface area contributed by atoms with Gasteiger partial charge in [0.25, 0.3) is 0 Å². The average molecular weight is 170 g/mol. The second-order valence-electron chi connectivity index (χ2n) is 2.29. The van der Waals surface area contributed by atoms with Gasteiger partial charge < -0.3 is 14.8 Å². The summed E-state index contributed by atoms with van der Waals surface area (Å²) < 4.78 is 0. The van der Waals surface area contributed by atoms with E-state index in [4.69, 9.17) is 0 Å². The van der Waals surface area contributed by atoms with Crippen LogP contribution in [0, 0.1) is 0 Å². The van der Waals surface area contributed by atoms with E-state index in [1.54, 1.807) is 19.0 Å². The number of amidine groups is 1. The molecule has 0 saturated carbocycles. The van der Waals surface area contributed by atoms with Crippen molar-refractivity contribution in [1.82, 2.24) is 4.90 Å². The summed E-state index contributed by atoms with van der Waals surface area (Å²) in [5, 5.41) is 9.36. The molecule has 0 radical (unpaired) electrons. The molecular weight excluding hydrogens is 156 g/mol. The summed E-state index contributed by atoms with van der Waals surface area (Å²) in [5.41, 5.74) is 0. The normalized spacial score (nSPS) is 13.8. The first-order chi connectivity index (χ1) is 5.67. The third-order valence-corrected chi connectivity index (χ3v) is 1.48. The van der Waals surface area contributed by atoms with Gasteiger partial charge in [-0.3, -0.25) is 4.99 Å². The van der Waals surface area contributed by atoms with E-state index in [2.05, 4.69) is 11.6 Å². The van der Waals surface area contributed by atoms with Gasteiger partial charge in [-0.1, -0.05) is 6.58 Å². The lowest BCUT2D eigenvalue weighted by Gasteiger charge is -2.19. The second kappa shape index (κ2) is 5.49. The maximum Gasteiger partial charge on any atom is 0.132 e. The van der Waals surface area contributed by atoms with Gasteiger partial charge in [-0.2, -0.15) is 0 Å². The zero-order valence-corrected chi connectivity index (χ0v) is 7.40. The molecule has 0 rings (SSSR count). The summed E-state index contributed by atoms with van der Waals surface area (Å²) in [5.74, 6) is 0.442. The predicted octanol–water partition coefficient (Wildman–Crippen LogP) is 0.0399. The largest absolute Gasteiger partial charge is 0.385 e. The highest BCUT2D eigenvalue weighted by Gasteiger charge is 2.13. The molecule has 0 aliphatic heterocycles.